The highest BCUT2D eigenvalue weighted by atomic mass is 19.1. The summed E-state index contributed by atoms with van der Waals surface area (Å²) in [4.78, 5) is 26.2. The Labute approximate surface area is 109 Å². The van der Waals surface area contributed by atoms with Crippen molar-refractivity contribution in [2.75, 3.05) is 7.11 Å². The number of esters is 1. The number of hydrogen-bond donors (Lipinski definition) is 1. The average Bonchev–Trinajstić information content (AvgIpc) is 2.80. The van der Waals surface area contributed by atoms with Crippen molar-refractivity contribution in [2.24, 2.45) is 0 Å². The molecule has 0 amide bonds. The summed E-state index contributed by atoms with van der Waals surface area (Å²) in [7, 11) is 1.25. The van der Waals surface area contributed by atoms with E-state index in [1.54, 1.807) is 13.0 Å². The summed E-state index contributed by atoms with van der Waals surface area (Å²) in [6.45, 7) is 1.67. The minimum atomic E-state index is -0.598. The van der Waals surface area contributed by atoms with Gasteiger partial charge in [-0.3, -0.25) is 4.79 Å². The van der Waals surface area contributed by atoms with Crippen LogP contribution in [0, 0.1) is 12.7 Å². The molecule has 1 heterocycles. The zero-order valence-corrected chi connectivity index (χ0v) is 10.5. The van der Waals surface area contributed by atoms with Crippen molar-refractivity contribution in [2.45, 2.75) is 6.92 Å². The van der Waals surface area contributed by atoms with Crippen LogP contribution in [0.1, 0.15) is 32.1 Å². The summed E-state index contributed by atoms with van der Waals surface area (Å²) in [6, 6.07) is 7.19. The number of rotatable bonds is 3. The molecule has 98 valence electrons. The lowest BCUT2D eigenvalue weighted by Crippen LogP contribution is -2.07. The Bertz CT molecular complexity index is 646. The molecule has 0 bridgehead atoms. The fourth-order valence-electron chi connectivity index (χ4n) is 1.78. The molecule has 0 aliphatic carbocycles. The van der Waals surface area contributed by atoms with Crippen LogP contribution in [0.5, 0.6) is 0 Å². The van der Waals surface area contributed by atoms with Crippen molar-refractivity contribution in [3.8, 4) is 0 Å². The summed E-state index contributed by atoms with van der Waals surface area (Å²) in [5.74, 6) is -1.67. The first-order valence-corrected chi connectivity index (χ1v) is 5.61. The van der Waals surface area contributed by atoms with Crippen molar-refractivity contribution in [3.63, 3.8) is 0 Å². The van der Waals surface area contributed by atoms with Gasteiger partial charge in [0.05, 0.1) is 18.4 Å². The standard InChI is InChI=1S/C14H12FNO3/c1-8-7-11(16-12(8)14(18)19-2)13(17)9-5-3-4-6-10(9)15/h3-7,16H,1-2H3. The van der Waals surface area contributed by atoms with Crippen LogP contribution in [0.2, 0.25) is 0 Å². The average molecular weight is 261 g/mol. The Balaban J connectivity index is 2.41. The van der Waals surface area contributed by atoms with E-state index < -0.39 is 17.6 Å². The number of carbonyl (C=O) groups is 2. The van der Waals surface area contributed by atoms with Crippen LogP contribution < -0.4 is 0 Å². The number of aromatic amines is 1. The summed E-state index contributed by atoms with van der Waals surface area (Å²) in [5.41, 5.74) is 0.886. The van der Waals surface area contributed by atoms with Gasteiger partial charge in [0.15, 0.2) is 0 Å². The number of methoxy groups -OCH3 is 1. The third kappa shape index (κ3) is 2.40. The quantitative estimate of drug-likeness (QED) is 0.682. The van der Waals surface area contributed by atoms with Gasteiger partial charge in [-0.2, -0.15) is 0 Å². The topological polar surface area (TPSA) is 59.2 Å². The van der Waals surface area contributed by atoms with Gasteiger partial charge in [-0.1, -0.05) is 12.1 Å². The lowest BCUT2D eigenvalue weighted by molar-refractivity contribution is 0.0594. The Morgan fingerprint density at radius 2 is 1.95 bits per heavy atom. The molecule has 0 saturated carbocycles. The highest BCUT2D eigenvalue weighted by Crippen LogP contribution is 2.16. The SMILES string of the molecule is COC(=O)c1[nH]c(C(=O)c2ccccc2F)cc1C. The number of aromatic nitrogens is 1. The molecule has 1 N–H and O–H groups in total. The van der Waals surface area contributed by atoms with Gasteiger partial charge in [-0.05, 0) is 30.7 Å². The van der Waals surface area contributed by atoms with Crippen LogP contribution in [0.4, 0.5) is 4.39 Å². The second kappa shape index (κ2) is 5.06. The monoisotopic (exact) mass is 261 g/mol. The molecule has 1 aromatic heterocycles. The van der Waals surface area contributed by atoms with Crippen molar-refractivity contribution in [1.82, 2.24) is 4.98 Å². The second-order valence-corrected chi connectivity index (χ2v) is 4.04. The van der Waals surface area contributed by atoms with E-state index in [9.17, 15) is 14.0 Å². The van der Waals surface area contributed by atoms with Crippen LogP contribution >= 0.6 is 0 Å². The largest absolute Gasteiger partial charge is 0.464 e. The predicted octanol–water partition coefficient (Wildman–Crippen LogP) is 2.48. The van der Waals surface area contributed by atoms with E-state index >= 15 is 0 Å². The lowest BCUT2D eigenvalue weighted by Gasteiger charge is -2.00. The first-order valence-electron chi connectivity index (χ1n) is 5.61. The molecule has 4 nitrogen and oxygen atoms in total. The minimum Gasteiger partial charge on any atom is -0.464 e. The predicted molar refractivity (Wildman–Crippen MR) is 66.7 cm³/mol. The Kier molecular flexibility index (Phi) is 3.46. The molecule has 19 heavy (non-hydrogen) atoms. The minimum absolute atomic E-state index is 0.0415. The van der Waals surface area contributed by atoms with E-state index in [2.05, 4.69) is 9.72 Å². The number of nitrogens with one attached hydrogen (secondary N) is 1. The number of aryl methyl sites for hydroxylation is 1. The molecule has 2 aromatic rings. The maximum Gasteiger partial charge on any atom is 0.354 e. The van der Waals surface area contributed by atoms with E-state index in [-0.39, 0.29) is 17.0 Å². The van der Waals surface area contributed by atoms with Crippen LogP contribution in [0.3, 0.4) is 0 Å². The summed E-state index contributed by atoms with van der Waals surface area (Å²) in [5, 5.41) is 0. The molecule has 2 rings (SSSR count). The van der Waals surface area contributed by atoms with Crippen LogP contribution in [-0.2, 0) is 4.74 Å². The molecule has 0 aliphatic rings. The maximum atomic E-state index is 13.5. The van der Waals surface area contributed by atoms with Gasteiger partial charge >= 0.3 is 5.97 Å². The molecule has 0 atom stereocenters. The zero-order chi connectivity index (χ0) is 14.0. The third-order valence-electron chi connectivity index (χ3n) is 2.77. The smallest absolute Gasteiger partial charge is 0.354 e. The van der Waals surface area contributed by atoms with Crippen LogP contribution in [0.25, 0.3) is 0 Å². The van der Waals surface area contributed by atoms with E-state index in [0.29, 0.717) is 5.56 Å². The van der Waals surface area contributed by atoms with Gasteiger partial charge < -0.3 is 9.72 Å². The fourth-order valence-corrected chi connectivity index (χ4v) is 1.78. The summed E-state index contributed by atoms with van der Waals surface area (Å²) < 4.78 is 18.1. The van der Waals surface area contributed by atoms with Crippen LogP contribution in [-0.4, -0.2) is 23.8 Å². The Morgan fingerprint density at radius 3 is 2.58 bits per heavy atom. The first kappa shape index (κ1) is 13.0. The van der Waals surface area contributed by atoms with E-state index in [4.69, 9.17) is 0 Å². The number of benzene rings is 1. The Morgan fingerprint density at radius 1 is 1.26 bits per heavy atom. The van der Waals surface area contributed by atoms with Crippen molar-refractivity contribution < 1.29 is 18.7 Å². The van der Waals surface area contributed by atoms with Gasteiger partial charge in [0.25, 0.3) is 0 Å². The molecule has 1 aromatic carbocycles. The van der Waals surface area contributed by atoms with Gasteiger partial charge in [0.2, 0.25) is 5.78 Å². The van der Waals surface area contributed by atoms with Crippen LogP contribution in [0.15, 0.2) is 30.3 Å². The van der Waals surface area contributed by atoms with E-state index in [0.717, 1.165) is 0 Å². The third-order valence-corrected chi connectivity index (χ3v) is 2.77. The summed E-state index contributed by atoms with van der Waals surface area (Å²) in [6.07, 6.45) is 0. The van der Waals surface area contributed by atoms with E-state index in [1.165, 1.54) is 31.4 Å². The Hall–Kier alpha value is -2.43. The van der Waals surface area contributed by atoms with E-state index in [1.807, 2.05) is 0 Å². The van der Waals surface area contributed by atoms with Crippen molar-refractivity contribution >= 4 is 11.8 Å². The normalized spacial score (nSPS) is 10.3. The molecule has 0 aliphatic heterocycles. The number of ether oxygens (including phenoxy) is 1. The van der Waals surface area contributed by atoms with Gasteiger partial charge in [-0.25, -0.2) is 9.18 Å². The molecule has 0 fully saturated rings. The lowest BCUT2D eigenvalue weighted by atomic mass is 10.1. The van der Waals surface area contributed by atoms with Gasteiger partial charge in [0, 0.05) is 0 Å². The number of hydrogen-bond acceptors (Lipinski definition) is 3. The zero-order valence-electron chi connectivity index (χ0n) is 10.5. The number of halogens is 1. The van der Waals surface area contributed by atoms with Gasteiger partial charge in [-0.15, -0.1) is 0 Å². The molecule has 0 saturated heterocycles. The second-order valence-electron chi connectivity index (χ2n) is 4.04. The van der Waals surface area contributed by atoms with Crippen molar-refractivity contribution in [1.29, 1.82) is 0 Å². The number of ketones is 1. The molecule has 5 heteroatoms. The molecule has 0 unspecified atom stereocenters. The van der Waals surface area contributed by atoms with Crippen molar-refractivity contribution in [3.05, 3.63) is 58.7 Å². The fraction of sp³-hybridized carbons (Fsp3) is 0.143. The number of carbonyl (C=O) groups excluding carboxylic acids is 2. The number of H-pyrrole nitrogens is 1. The first-order chi connectivity index (χ1) is 9.04. The maximum absolute atomic E-state index is 13.5. The molecular formula is C14H12FNO3. The van der Waals surface area contributed by atoms with Gasteiger partial charge in [0.1, 0.15) is 11.5 Å². The molecule has 0 spiro atoms. The highest BCUT2D eigenvalue weighted by molar-refractivity contribution is 6.09. The highest BCUT2D eigenvalue weighted by Gasteiger charge is 2.19. The summed E-state index contributed by atoms with van der Waals surface area (Å²) >= 11 is 0. The molecular weight excluding hydrogens is 249 g/mol. The molecule has 0 radical (unpaired) electrons.